The van der Waals surface area contributed by atoms with Crippen molar-refractivity contribution in [2.75, 3.05) is 13.1 Å². The normalized spacial score (nSPS) is 11.9. The number of unbranched alkanes of at least 4 members (excludes halogenated alkanes) is 1. The Morgan fingerprint density at radius 2 is 1.94 bits per heavy atom. The number of carbonyl (C=O) groups is 2. The number of nitrogens with two attached hydrogens (primary N) is 2. The van der Waals surface area contributed by atoms with Crippen LogP contribution in [0.1, 0.15) is 26.7 Å². The van der Waals surface area contributed by atoms with Gasteiger partial charge in [-0.2, -0.15) is 0 Å². The fraction of sp³-hybridized carbons (Fsp3) is 0.700. The molecule has 0 aliphatic heterocycles. The summed E-state index contributed by atoms with van der Waals surface area (Å²) in [6, 6.07) is 0. The minimum absolute atomic E-state index is 0.0776. The Kier molecular flexibility index (Phi) is 6.64. The van der Waals surface area contributed by atoms with Crippen LogP contribution in [-0.4, -0.2) is 34.8 Å². The van der Waals surface area contributed by atoms with E-state index in [0.717, 1.165) is 12.8 Å². The van der Waals surface area contributed by atoms with Crippen LogP contribution in [0.2, 0.25) is 0 Å². The summed E-state index contributed by atoms with van der Waals surface area (Å²) in [5.41, 5.74) is 10.5. The minimum atomic E-state index is -0.550. The van der Waals surface area contributed by atoms with Crippen LogP contribution in [0, 0.1) is 5.92 Å². The summed E-state index contributed by atoms with van der Waals surface area (Å²) >= 11 is 4.75. The Hall–Kier alpha value is -1.17. The molecule has 0 rings (SSSR count). The molecule has 0 spiro atoms. The molecular weight excluding hydrogens is 226 g/mol. The van der Waals surface area contributed by atoms with Gasteiger partial charge in [0.25, 0.3) is 0 Å². The molecule has 5 nitrogen and oxygen atoms in total. The number of carbonyl (C=O) groups excluding carboxylic acids is 2. The van der Waals surface area contributed by atoms with E-state index >= 15 is 0 Å². The maximum absolute atomic E-state index is 11.9. The summed E-state index contributed by atoms with van der Waals surface area (Å²) in [5, 5.41) is 0. The summed E-state index contributed by atoms with van der Waals surface area (Å²) in [7, 11) is 0. The van der Waals surface area contributed by atoms with E-state index < -0.39 is 11.8 Å². The van der Waals surface area contributed by atoms with E-state index in [4.69, 9.17) is 23.7 Å². The quantitative estimate of drug-likeness (QED) is 0.619. The molecule has 0 aliphatic carbocycles. The lowest BCUT2D eigenvalue weighted by Gasteiger charge is -2.23. The third-order valence-corrected chi connectivity index (χ3v) is 2.59. The first-order chi connectivity index (χ1) is 7.40. The molecule has 0 saturated heterocycles. The molecule has 1 atom stereocenters. The van der Waals surface area contributed by atoms with Gasteiger partial charge in [0.05, 0.1) is 17.5 Å². The first-order valence-electron chi connectivity index (χ1n) is 5.26. The number of hydrogen-bond acceptors (Lipinski definition) is 3. The van der Waals surface area contributed by atoms with E-state index in [0.29, 0.717) is 6.54 Å². The van der Waals surface area contributed by atoms with E-state index in [2.05, 4.69) is 0 Å². The Bertz CT molecular complexity index is 281. The van der Waals surface area contributed by atoms with Crippen molar-refractivity contribution >= 4 is 29.0 Å². The number of rotatable bonds is 7. The second-order valence-corrected chi connectivity index (χ2v) is 4.18. The lowest BCUT2D eigenvalue weighted by Crippen LogP contribution is -2.44. The molecule has 0 heterocycles. The van der Waals surface area contributed by atoms with Gasteiger partial charge in [-0.05, 0) is 13.3 Å². The molecule has 1 unspecified atom stereocenters. The van der Waals surface area contributed by atoms with Crippen molar-refractivity contribution in [3.63, 3.8) is 0 Å². The second-order valence-electron chi connectivity index (χ2n) is 3.70. The third kappa shape index (κ3) is 5.06. The van der Waals surface area contributed by atoms with Crippen LogP contribution in [-0.2, 0) is 9.59 Å². The van der Waals surface area contributed by atoms with Crippen LogP contribution in [0.5, 0.6) is 0 Å². The Morgan fingerprint density at radius 3 is 2.31 bits per heavy atom. The zero-order chi connectivity index (χ0) is 12.7. The van der Waals surface area contributed by atoms with Crippen LogP contribution >= 0.6 is 12.2 Å². The topological polar surface area (TPSA) is 89.4 Å². The van der Waals surface area contributed by atoms with Crippen molar-refractivity contribution in [2.45, 2.75) is 26.7 Å². The molecule has 0 aliphatic rings. The molecule has 0 aromatic rings. The van der Waals surface area contributed by atoms with Gasteiger partial charge < -0.3 is 16.4 Å². The van der Waals surface area contributed by atoms with E-state index in [-0.39, 0.29) is 17.4 Å². The molecule has 0 fully saturated rings. The highest BCUT2D eigenvalue weighted by molar-refractivity contribution is 7.80. The fourth-order valence-electron chi connectivity index (χ4n) is 1.20. The predicted octanol–water partition coefficient (Wildman–Crippen LogP) is 0.0226. The zero-order valence-corrected chi connectivity index (χ0v) is 10.5. The Balaban J connectivity index is 4.54. The van der Waals surface area contributed by atoms with Crippen LogP contribution < -0.4 is 11.5 Å². The molecule has 0 aromatic carbocycles. The van der Waals surface area contributed by atoms with E-state index in [1.165, 1.54) is 4.90 Å². The third-order valence-electron chi connectivity index (χ3n) is 2.24. The SMILES string of the molecule is CCCCN(CC(N)=O)C(=O)C(C)C(N)=S. The molecule has 2 amide bonds. The van der Waals surface area contributed by atoms with Crippen molar-refractivity contribution in [1.29, 1.82) is 0 Å². The molecule has 0 saturated carbocycles. The van der Waals surface area contributed by atoms with Crippen LogP contribution in [0.25, 0.3) is 0 Å². The maximum atomic E-state index is 11.9. The number of primary amides is 1. The van der Waals surface area contributed by atoms with Gasteiger partial charge in [0.15, 0.2) is 0 Å². The number of hydrogen-bond donors (Lipinski definition) is 2. The van der Waals surface area contributed by atoms with Crippen LogP contribution in [0.15, 0.2) is 0 Å². The molecule has 0 aromatic heterocycles. The van der Waals surface area contributed by atoms with Gasteiger partial charge in [-0.15, -0.1) is 0 Å². The summed E-state index contributed by atoms with van der Waals surface area (Å²) in [6.45, 7) is 4.06. The van der Waals surface area contributed by atoms with Crippen molar-refractivity contribution in [2.24, 2.45) is 17.4 Å². The summed E-state index contributed by atoms with van der Waals surface area (Å²) in [4.78, 5) is 24.3. The van der Waals surface area contributed by atoms with E-state index in [1.54, 1.807) is 6.92 Å². The van der Waals surface area contributed by atoms with Gasteiger partial charge in [-0.1, -0.05) is 25.6 Å². The van der Waals surface area contributed by atoms with Crippen LogP contribution in [0.4, 0.5) is 0 Å². The van der Waals surface area contributed by atoms with Crippen molar-refractivity contribution in [3.8, 4) is 0 Å². The summed E-state index contributed by atoms with van der Waals surface area (Å²) in [6.07, 6.45) is 1.76. The molecule has 0 radical (unpaired) electrons. The van der Waals surface area contributed by atoms with Gasteiger partial charge in [-0.3, -0.25) is 9.59 Å². The average molecular weight is 245 g/mol. The van der Waals surface area contributed by atoms with Gasteiger partial charge >= 0.3 is 0 Å². The van der Waals surface area contributed by atoms with E-state index in [9.17, 15) is 9.59 Å². The molecule has 16 heavy (non-hydrogen) atoms. The van der Waals surface area contributed by atoms with Gasteiger partial charge in [-0.25, -0.2) is 0 Å². The molecule has 6 heteroatoms. The van der Waals surface area contributed by atoms with Crippen LogP contribution in [0.3, 0.4) is 0 Å². The molecular formula is C10H19N3O2S. The van der Waals surface area contributed by atoms with Crippen molar-refractivity contribution < 1.29 is 9.59 Å². The lowest BCUT2D eigenvalue weighted by atomic mass is 10.1. The molecule has 4 N–H and O–H groups in total. The highest BCUT2D eigenvalue weighted by Gasteiger charge is 2.23. The minimum Gasteiger partial charge on any atom is -0.393 e. The molecule has 0 bridgehead atoms. The van der Waals surface area contributed by atoms with Crippen molar-refractivity contribution in [3.05, 3.63) is 0 Å². The predicted molar refractivity (Wildman–Crippen MR) is 66.6 cm³/mol. The van der Waals surface area contributed by atoms with Gasteiger partial charge in [0, 0.05) is 6.54 Å². The Morgan fingerprint density at radius 1 is 1.38 bits per heavy atom. The monoisotopic (exact) mass is 245 g/mol. The largest absolute Gasteiger partial charge is 0.393 e. The number of thiocarbonyl (C=S) groups is 1. The van der Waals surface area contributed by atoms with Crippen molar-refractivity contribution in [1.82, 2.24) is 4.90 Å². The molecule has 92 valence electrons. The first kappa shape index (κ1) is 14.8. The van der Waals surface area contributed by atoms with Gasteiger partial charge in [0.1, 0.15) is 0 Å². The Labute approximate surface area is 101 Å². The average Bonchev–Trinajstić information content (AvgIpc) is 2.21. The van der Waals surface area contributed by atoms with Gasteiger partial charge in [0.2, 0.25) is 11.8 Å². The lowest BCUT2D eigenvalue weighted by molar-refractivity contribution is -0.136. The fourth-order valence-corrected chi connectivity index (χ4v) is 1.30. The summed E-state index contributed by atoms with van der Waals surface area (Å²) < 4.78 is 0. The highest BCUT2D eigenvalue weighted by Crippen LogP contribution is 2.05. The standard InChI is InChI=1S/C10H19N3O2S/c1-3-4-5-13(6-8(11)14)10(15)7(2)9(12)16/h7H,3-6H2,1-2H3,(H2,11,14)(H2,12,16). The highest BCUT2D eigenvalue weighted by atomic mass is 32.1. The second kappa shape index (κ2) is 7.16. The first-order valence-corrected chi connectivity index (χ1v) is 5.67. The number of amides is 2. The number of nitrogens with zero attached hydrogens (tertiary/aromatic N) is 1. The van der Waals surface area contributed by atoms with E-state index in [1.807, 2.05) is 6.92 Å². The summed E-state index contributed by atoms with van der Waals surface area (Å²) in [5.74, 6) is -1.31. The smallest absolute Gasteiger partial charge is 0.237 e. The maximum Gasteiger partial charge on any atom is 0.237 e. The zero-order valence-electron chi connectivity index (χ0n) is 9.73.